The van der Waals surface area contributed by atoms with Crippen LogP contribution in [-0.2, 0) is 4.79 Å². The zero-order valence-electron chi connectivity index (χ0n) is 17.6. The first-order valence-electron chi connectivity index (χ1n) is 10.8. The number of anilines is 2. The van der Waals surface area contributed by atoms with Gasteiger partial charge in [-0.1, -0.05) is 24.3 Å². The highest BCUT2D eigenvalue weighted by Gasteiger charge is 2.19. The third-order valence-corrected chi connectivity index (χ3v) is 5.93. The Labute approximate surface area is 186 Å². The summed E-state index contributed by atoms with van der Waals surface area (Å²) in [5, 5.41) is 17.5. The molecule has 0 saturated carbocycles. The number of allylic oxidation sites excluding steroid dienone is 3. The van der Waals surface area contributed by atoms with Crippen molar-refractivity contribution in [3.8, 4) is 11.5 Å². The number of carboxylic acid groups (broad SMARTS) is 1. The summed E-state index contributed by atoms with van der Waals surface area (Å²) in [7, 11) is 0. The lowest BCUT2D eigenvalue weighted by atomic mass is 9.99. The minimum atomic E-state index is -0.907. The molecule has 0 unspecified atom stereocenters. The maximum Gasteiger partial charge on any atom is 0.331 e. The lowest BCUT2D eigenvalue weighted by molar-refractivity contribution is -0.132. The lowest BCUT2D eigenvalue weighted by Crippen LogP contribution is -2.46. The van der Waals surface area contributed by atoms with Crippen LogP contribution in [0.5, 0.6) is 0 Å². The van der Waals surface area contributed by atoms with E-state index in [0.29, 0.717) is 35.8 Å². The molecule has 2 heterocycles. The third-order valence-electron chi connectivity index (χ3n) is 5.93. The fraction of sp³-hybridized carbons (Fsp3) is 0.240. The molecule has 1 aromatic heterocycles. The maximum absolute atomic E-state index is 11.2. The molecule has 2 aromatic carbocycles. The van der Waals surface area contributed by atoms with Crippen LogP contribution in [0.1, 0.15) is 18.7 Å². The van der Waals surface area contributed by atoms with Gasteiger partial charge in [0, 0.05) is 54.3 Å². The van der Waals surface area contributed by atoms with Crippen LogP contribution in [0.25, 0.3) is 17.0 Å². The van der Waals surface area contributed by atoms with Crippen LogP contribution in [0, 0.1) is 0 Å². The van der Waals surface area contributed by atoms with Gasteiger partial charge in [0.15, 0.2) is 0 Å². The molecule has 1 fully saturated rings. The van der Waals surface area contributed by atoms with E-state index >= 15 is 0 Å². The zero-order valence-corrected chi connectivity index (χ0v) is 17.6. The summed E-state index contributed by atoms with van der Waals surface area (Å²) in [5.74, 6) is -0.132. The number of hydrogen-bond acceptors (Lipinski definition) is 6. The number of benzene rings is 2. The molecule has 7 nitrogen and oxygen atoms in total. The largest absolute Gasteiger partial charge is 0.478 e. The summed E-state index contributed by atoms with van der Waals surface area (Å²) < 4.78 is 5.84. The van der Waals surface area contributed by atoms with Crippen LogP contribution < -0.4 is 9.80 Å². The van der Waals surface area contributed by atoms with Gasteiger partial charge in [-0.05, 0) is 55.3 Å². The standard InChI is InChI=1S/C25H24N4O3/c30-25(31)20-6-4-5-19(17-20)24-27-26-23(32-24)18-9-11-22(12-10-18)29-15-13-28(14-16-29)21-7-2-1-3-8-21/h1-3,5,7-12,17H,4,6,13-16H2,(H,30,31). The van der Waals surface area contributed by atoms with Crippen molar-refractivity contribution < 1.29 is 14.3 Å². The van der Waals surface area contributed by atoms with Gasteiger partial charge in [-0.3, -0.25) is 0 Å². The number of piperazine rings is 1. The number of aliphatic carboxylic acids is 1. The number of nitrogens with zero attached hydrogens (tertiary/aromatic N) is 4. The number of carbonyl (C=O) groups is 1. The Bertz CT molecular complexity index is 1160. The molecule has 1 N–H and O–H groups in total. The normalized spacial score (nSPS) is 16.5. The molecule has 2 aliphatic rings. The van der Waals surface area contributed by atoms with Gasteiger partial charge < -0.3 is 19.3 Å². The maximum atomic E-state index is 11.2. The first-order valence-corrected chi connectivity index (χ1v) is 10.8. The average Bonchev–Trinajstić information content (AvgIpc) is 3.35. The van der Waals surface area contributed by atoms with Crippen LogP contribution in [-0.4, -0.2) is 47.5 Å². The molecule has 0 atom stereocenters. The van der Waals surface area contributed by atoms with E-state index in [9.17, 15) is 9.90 Å². The topological polar surface area (TPSA) is 82.7 Å². The number of para-hydroxylation sites is 1. The molecule has 0 radical (unpaired) electrons. The van der Waals surface area contributed by atoms with Gasteiger partial charge >= 0.3 is 5.97 Å². The molecule has 3 aromatic rings. The molecular weight excluding hydrogens is 404 g/mol. The molecule has 0 spiro atoms. The van der Waals surface area contributed by atoms with Crippen molar-refractivity contribution in [2.24, 2.45) is 0 Å². The molecule has 162 valence electrons. The number of aromatic nitrogens is 2. The second kappa shape index (κ2) is 8.70. The van der Waals surface area contributed by atoms with Gasteiger partial charge in [-0.2, -0.15) is 0 Å². The summed E-state index contributed by atoms with van der Waals surface area (Å²) in [6.45, 7) is 3.90. The summed E-state index contributed by atoms with van der Waals surface area (Å²) in [6, 6.07) is 18.7. The van der Waals surface area contributed by atoms with Crippen molar-refractivity contribution in [3.05, 3.63) is 78.2 Å². The van der Waals surface area contributed by atoms with Gasteiger partial charge in [0.2, 0.25) is 11.8 Å². The van der Waals surface area contributed by atoms with Crippen molar-refractivity contribution in [2.75, 3.05) is 36.0 Å². The fourth-order valence-electron chi connectivity index (χ4n) is 4.15. The zero-order chi connectivity index (χ0) is 21.9. The van der Waals surface area contributed by atoms with Crippen molar-refractivity contribution in [1.29, 1.82) is 0 Å². The van der Waals surface area contributed by atoms with E-state index in [1.165, 1.54) is 11.4 Å². The highest BCUT2D eigenvalue weighted by atomic mass is 16.4. The molecular formula is C25H24N4O3. The Kier molecular flexibility index (Phi) is 5.46. The monoisotopic (exact) mass is 428 g/mol. The van der Waals surface area contributed by atoms with Gasteiger partial charge in [0.25, 0.3) is 0 Å². The highest BCUT2D eigenvalue weighted by Crippen LogP contribution is 2.28. The predicted octanol–water partition coefficient (Wildman–Crippen LogP) is 4.25. The van der Waals surface area contributed by atoms with E-state index in [1.807, 2.05) is 24.3 Å². The number of carboxylic acids is 1. The van der Waals surface area contributed by atoms with E-state index in [1.54, 1.807) is 6.08 Å². The molecule has 1 saturated heterocycles. The predicted molar refractivity (Wildman–Crippen MR) is 124 cm³/mol. The highest BCUT2D eigenvalue weighted by molar-refractivity contribution is 5.91. The van der Waals surface area contributed by atoms with Crippen LogP contribution in [0.3, 0.4) is 0 Å². The van der Waals surface area contributed by atoms with Crippen molar-refractivity contribution in [3.63, 3.8) is 0 Å². The molecule has 1 aliphatic heterocycles. The smallest absolute Gasteiger partial charge is 0.331 e. The van der Waals surface area contributed by atoms with Crippen LogP contribution >= 0.6 is 0 Å². The summed E-state index contributed by atoms with van der Waals surface area (Å²) in [5.41, 5.74) is 4.31. The van der Waals surface area contributed by atoms with Crippen molar-refractivity contribution in [1.82, 2.24) is 10.2 Å². The quantitative estimate of drug-likeness (QED) is 0.650. The second-order valence-corrected chi connectivity index (χ2v) is 7.94. The molecule has 7 heteroatoms. The third kappa shape index (κ3) is 4.14. The average molecular weight is 428 g/mol. The summed E-state index contributed by atoms with van der Waals surface area (Å²) in [6.07, 6.45) is 4.71. The molecule has 0 bridgehead atoms. The first kappa shape index (κ1) is 20.1. The van der Waals surface area contributed by atoms with Crippen LogP contribution in [0.15, 0.2) is 76.7 Å². The van der Waals surface area contributed by atoms with Gasteiger partial charge in [-0.15, -0.1) is 10.2 Å². The van der Waals surface area contributed by atoms with Gasteiger partial charge in [0.1, 0.15) is 0 Å². The molecule has 1 aliphatic carbocycles. The fourth-order valence-corrected chi connectivity index (χ4v) is 4.15. The summed E-state index contributed by atoms with van der Waals surface area (Å²) >= 11 is 0. The molecule has 0 amide bonds. The Morgan fingerprint density at radius 3 is 2.12 bits per heavy atom. The SMILES string of the molecule is O=C(O)C1=CC(c2nnc(-c3ccc(N4CCN(c5ccccc5)CC4)cc3)o2)=CCC1. The second-order valence-electron chi connectivity index (χ2n) is 7.94. The first-order chi connectivity index (χ1) is 15.7. The molecule has 32 heavy (non-hydrogen) atoms. The minimum absolute atomic E-state index is 0.347. The number of rotatable bonds is 5. The minimum Gasteiger partial charge on any atom is -0.478 e. The molecule has 5 rings (SSSR count). The Balaban J connectivity index is 1.25. The van der Waals surface area contributed by atoms with Crippen LogP contribution in [0.2, 0.25) is 0 Å². The van der Waals surface area contributed by atoms with Gasteiger partial charge in [0.05, 0.1) is 0 Å². The van der Waals surface area contributed by atoms with Gasteiger partial charge in [-0.25, -0.2) is 4.79 Å². The van der Waals surface area contributed by atoms with E-state index < -0.39 is 5.97 Å². The van der Waals surface area contributed by atoms with E-state index in [0.717, 1.165) is 31.7 Å². The lowest BCUT2D eigenvalue weighted by Gasteiger charge is -2.37. The van der Waals surface area contributed by atoms with E-state index in [4.69, 9.17) is 4.42 Å². The summed E-state index contributed by atoms with van der Waals surface area (Å²) in [4.78, 5) is 16.0. The van der Waals surface area contributed by atoms with E-state index in [-0.39, 0.29) is 0 Å². The van der Waals surface area contributed by atoms with Crippen molar-refractivity contribution in [2.45, 2.75) is 12.8 Å². The van der Waals surface area contributed by atoms with Crippen LogP contribution in [0.4, 0.5) is 11.4 Å². The number of hydrogen-bond donors (Lipinski definition) is 1. The Hall–Kier alpha value is -3.87. The van der Waals surface area contributed by atoms with E-state index in [2.05, 4.69) is 56.4 Å². The van der Waals surface area contributed by atoms with Crippen molar-refractivity contribution >= 4 is 22.9 Å². The Morgan fingerprint density at radius 2 is 1.47 bits per heavy atom. The Morgan fingerprint density at radius 1 is 0.844 bits per heavy atom.